The van der Waals surface area contributed by atoms with E-state index in [0.717, 1.165) is 42.7 Å². The molecule has 0 spiro atoms. The van der Waals surface area contributed by atoms with Crippen molar-refractivity contribution in [1.82, 2.24) is 4.90 Å². The minimum atomic E-state index is 0.119. The van der Waals surface area contributed by atoms with Crippen LogP contribution in [-0.4, -0.2) is 17.4 Å². The largest absolute Gasteiger partial charge is 0.308 e. The smallest absolute Gasteiger partial charge is 0.258 e. The number of unbranched alkanes of at least 4 members (excludes halogenated alkanes) is 1. The Kier molecular flexibility index (Phi) is 8.10. The Morgan fingerprint density at radius 2 is 1.83 bits per heavy atom. The van der Waals surface area contributed by atoms with Crippen molar-refractivity contribution in [3.05, 3.63) is 35.6 Å². The quantitative estimate of drug-likeness (QED) is 0.674. The standard InChI is InChI=1S/C14H21NO.C2H6/c1-5-8-10-15-11(4)12(7-3)13(9-6-2)14(15)16;1-2/h7,9H,4-6,8,10H2,1-3H3;1-2H3/b12-7-,13-9+;. The van der Waals surface area contributed by atoms with E-state index in [1.807, 2.05) is 39.8 Å². The van der Waals surface area contributed by atoms with Gasteiger partial charge in [-0.25, -0.2) is 0 Å². The van der Waals surface area contributed by atoms with Gasteiger partial charge >= 0.3 is 0 Å². The Morgan fingerprint density at radius 3 is 2.28 bits per heavy atom. The van der Waals surface area contributed by atoms with Crippen LogP contribution in [0.15, 0.2) is 35.6 Å². The van der Waals surface area contributed by atoms with Crippen molar-refractivity contribution in [3.63, 3.8) is 0 Å². The first-order valence-electron chi connectivity index (χ1n) is 7.05. The fraction of sp³-hybridized carbons (Fsp3) is 0.562. The second-order valence-corrected chi connectivity index (χ2v) is 3.99. The molecule has 0 aromatic rings. The summed E-state index contributed by atoms with van der Waals surface area (Å²) in [6.07, 6.45) is 6.98. The predicted octanol–water partition coefficient (Wildman–Crippen LogP) is 4.45. The highest BCUT2D eigenvalue weighted by atomic mass is 16.2. The Morgan fingerprint density at radius 1 is 1.22 bits per heavy atom. The average molecular weight is 249 g/mol. The number of rotatable bonds is 4. The molecule has 2 heteroatoms. The van der Waals surface area contributed by atoms with E-state index >= 15 is 0 Å². The summed E-state index contributed by atoms with van der Waals surface area (Å²) >= 11 is 0. The van der Waals surface area contributed by atoms with E-state index in [9.17, 15) is 4.79 Å². The summed E-state index contributed by atoms with van der Waals surface area (Å²) in [4.78, 5) is 13.9. The third-order valence-electron chi connectivity index (χ3n) is 2.83. The first kappa shape index (κ1) is 16.7. The van der Waals surface area contributed by atoms with Gasteiger partial charge in [-0.15, -0.1) is 0 Å². The van der Waals surface area contributed by atoms with Crippen LogP contribution in [0.2, 0.25) is 0 Å². The van der Waals surface area contributed by atoms with Crippen LogP contribution in [0.1, 0.15) is 53.9 Å². The molecule has 0 bridgehead atoms. The second kappa shape index (κ2) is 8.73. The van der Waals surface area contributed by atoms with E-state index < -0.39 is 0 Å². The molecule has 1 saturated heterocycles. The molecule has 1 amide bonds. The first-order chi connectivity index (χ1) is 8.67. The van der Waals surface area contributed by atoms with Gasteiger partial charge in [0.2, 0.25) is 0 Å². The molecule has 1 aliphatic rings. The normalized spacial score (nSPS) is 19.5. The summed E-state index contributed by atoms with van der Waals surface area (Å²) in [6, 6.07) is 0. The van der Waals surface area contributed by atoms with Crippen molar-refractivity contribution in [2.75, 3.05) is 6.54 Å². The maximum Gasteiger partial charge on any atom is 0.258 e. The van der Waals surface area contributed by atoms with E-state index in [1.165, 1.54) is 0 Å². The van der Waals surface area contributed by atoms with Crippen molar-refractivity contribution in [2.24, 2.45) is 0 Å². The van der Waals surface area contributed by atoms with Gasteiger partial charge in [0.05, 0.1) is 0 Å². The predicted molar refractivity (Wildman–Crippen MR) is 79.2 cm³/mol. The lowest BCUT2D eigenvalue weighted by molar-refractivity contribution is -0.123. The van der Waals surface area contributed by atoms with Gasteiger partial charge in [-0.05, 0) is 19.8 Å². The van der Waals surface area contributed by atoms with E-state index in [4.69, 9.17) is 0 Å². The van der Waals surface area contributed by atoms with Crippen LogP contribution in [0.3, 0.4) is 0 Å². The van der Waals surface area contributed by atoms with Crippen LogP contribution in [0, 0.1) is 0 Å². The Balaban J connectivity index is 0.00000137. The molecule has 1 aliphatic heterocycles. The van der Waals surface area contributed by atoms with Crippen LogP contribution >= 0.6 is 0 Å². The highest BCUT2D eigenvalue weighted by molar-refractivity contribution is 6.04. The molecule has 0 aromatic carbocycles. The van der Waals surface area contributed by atoms with Gasteiger partial charge in [0.25, 0.3) is 5.91 Å². The molecule has 18 heavy (non-hydrogen) atoms. The lowest BCUT2D eigenvalue weighted by atomic mass is 10.1. The molecule has 0 N–H and O–H groups in total. The monoisotopic (exact) mass is 249 g/mol. The van der Waals surface area contributed by atoms with Crippen molar-refractivity contribution in [2.45, 2.75) is 53.9 Å². The molecular formula is C16H27NO. The van der Waals surface area contributed by atoms with E-state index in [1.54, 1.807) is 4.90 Å². The number of carbonyl (C=O) groups excluding carboxylic acids is 1. The molecule has 102 valence electrons. The lowest BCUT2D eigenvalue weighted by Crippen LogP contribution is -2.24. The van der Waals surface area contributed by atoms with Crippen LogP contribution in [-0.2, 0) is 4.79 Å². The van der Waals surface area contributed by atoms with Gasteiger partial charge in [-0.1, -0.05) is 52.8 Å². The minimum absolute atomic E-state index is 0.119. The number of hydrogen-bond acceptors (Lipinski definition) is 1. The molecule has 0 unspecified atom stereocenters. The molecule has 2 nitrogen and oxygen atoms in total. The Labute approximate surface area is 112 Å². The topological polar surface area (TPSA) is 20.3 Å². The zero-order valence-corrected chi connectivity index (χ0v) is 12.5. The number of nitrogens with zero attached hydrogens (tertiary/aromatic N) is 1. The summed E-state index contributed by atoms with van der Waals surface area (Å²) in [5.41, 5.74) is 2.69. The van der Waals surface area contributed by atoms with Gasteiger partial charge in [0.15, 0.2) is 0 Å². The molecule has 0 saturated carbocycles. The average Bonchev–Trinajstić information content (AvgIpc) is 2.62. The van der Waals surface area contributed by atoms with Gasteiger partial charge in [0, 0.05) is 23.4 Å². The van der Waals surface area contributed by atoms with Crippen molar-refractivity contribution < 1.29 is 4.79 Å². The number of allylic oxidation sites excluding steroid dienone is 3. The zero-order chi connectivity index (χ0) is 14.1. The summed E-state index contributed by atoms with van der Waals surface area (Å²) in [7, 11) is 0. The number of likely N-dealkylation sites (tertiary alicyclic amines) is 1. The Hall–Kier alpha value is -1.31. The third-order valence-corrected chi connectivity index (χ3v) is 2.83. The Bertz CT molecular complexity index is 350. The van der Waals surface area contributed by atoms with Crippen LogP contribution in [0.5, 0.6) is 0 Å². The van der Waals surface area contributed by atoms with Crippen LogP contribution in [0.25, 0.3) is 0 Å². The van der Waals surface area contributed by atoms with Gasteiger partial charge in [0.1, 0.15) is 0 Å². The molecule has 1 rings (SSSR count). The third kappa shape index (κ3) is 3.59. The highest BCUT2D eigenvalue weighted by Crippen LogP contribution is 2.32. The van der Waals surface area contributed by atoms with E-state index in [-0.39, 0.29) is 5.91 Å². The number of hydrogen-bond donors (Lipinski definition) is 0. The highest BCUT2D eigenvalue weighted by Gasteiger charge is 2.32. The maximum absolute atomic E-state index is 12.1. The van der Waals surface area contributed by atoms with Crippen molar-refractivity contribution in [3.8, 4) is 0 Å². The van der Waals surface area contributed by atoms with Gasteiger partial charge in [-0.3, -0.25) is 4.79 Å². The summed E-state index contributed by atoms with van der Waals surface area (Å²) in [5, 5.41) is 0. The van der Waals surface area contributed by atoms with Gasteiger partial charge in [-0.2, -0.15) is 0 Å². The van der Waals surface area contributed by atoms with Crippen molar-refractivity contribution >= 4 is 5.91 Å². The summed E-state index contributed by atoms with van der Waals surface area (Å²) in [6.45, 7) is 14.9. The zero-order valence-electron chi connectivity index (χ0n) is 12.5. The molecule has 0 aromatic heterocycles. The lowest BCUT2D eigenvalue weighted by Gasteiger charge is -2.15. The number of amides is 1. The number of carbonyl (C=O) groups is 1. The van der Waals surface area contributed by atoms with Crippen LogP contribution < -0.4 is 0 Å². The molecule has 0 aliphatic carbocycles. The minimum Gasteiger partial charge on any atom is -0.308 e. The molecule has 0 atom stereocenters. The van der Waals surface area contributed by atoms with Gasteiger partial charge < -0.3 is 4.90 Å². The van der Waals surface area contributed by atoms with Crippen LogP contribution in [0.4, 0.5) is 0 Å². The summed E-state index contributed by atoms with van der Waals surface area (Å²) < 4.78 is 0. The first-order valence-corrected chi connectivity index (χ1v) is 7.05. The second-order valence-electron chi connectivity index (χ2n) is 3.99. The molecule has 0 radical (unpaired) electrons. The molecular weight excluding hydrogens is 222 g/mol. The fourth-order valence-corrected chi connectivity index (χ4v) is 1.96. The maximum atomic E-state index is 12.1. The SMILES string of the molecule is C=C1C(=C/C)/C(=C\CC)C(=O)N1CCCC.CC. The van der Waals surface area contributed by atoms with Crippen molar-refractivity contribution in [1.29, 1.82) is 0 Å². The molecule has 1 fully saturated rings. The fourth-order valence-electron chi connectivity index (χ4n) is 1.96. The summed E-state index contributed by atoms with van der Waals surface area (Å²) in [5.74, 6) is 0.119. The van der Waals surface area contributed by atoms with E-state index in [2.05, 4.69) is 13.5 Å². The molecule has 1 heterocycles. The van der Waals surface area contributed by atoms with E-state index in [0.29, 0.717) is 0 Å².